The summed E-state index contributed by atoms with van der Waals surface area (Å²) >= 11 is 4.80. The molecule has 1 unspecified atom stereocenters. The zero-order valence-electron chi connectivity index (χ0n) is 50.0. The smallest absolute Gasteiger partial charge is 0.0460 e. The topological polar surface area (TPSA) is 38.1 Å². The van der Waals surface area contributed by atoms with Crippen molar-refractivity contribution in [1.82, 2.24) is 19.8 Å². The first kappa shape index (κ1) is 64.8. The normalized spacial score (nSPS) is 16.1. The van der Waals surface area contributed by atoms with Crippen LogP contribution < -0.4 is 0 Å². The van der Waals surface area contributed by atoms with Crippen LogP contribution in [0.2, 0.25) is 0 Å². The van der Waals surface area contributed by atoms with Crippen molar-refractivity contribution in [2.75, 3.05) is 40.3 Å². The second kappa shape index (κ2) is 38.7. The molecular formula is C71H112N4S. The van der Waals surface area contributed by atoms with Crippen molar-refractivity contribution < 1.29 is 0 Å². The van der Waals surface area contributed by atoms with E-state index in [0.717, 1.165) is 38.5 Å². The van der Waals surface area contributed by atoms with Gasteiger partial charge in [0.25, 0.3) is 0 Å². The van der Waals surface area contributed by atoms with Crippen LogP contribution in [-0.2, 0) is 12.8 Å². The van der Waals surface area contributed by atoms with Crippen LogP contribution in [-0.4, -0.2) is 64.8 Å². The average molecular weight is 1050 g/mol. The molecule has 2 fully saturated rings. The van der Waals surface area contributed by atoms with Gasteiger partial charge in [-0.15, -0.1) is 0 Å². The largest absolute Gasteiger partial charge is 0.361 e. The molecule has 76 heavy (non-hydrogen) atoms. The predicted octanol–water partition coefficient (Wildman–Crippen LogP) is 21.1. The van der Waals surface area contributed by atoms with E-state index in [9.17, 15) is 0 Å². The summed E-state index contributed by atoms with van der Waals surface area (Å²) in [7, 11) is 4.49. The lowest BCUT2D eigenvalue weighted by atomic mass is 9.87. The van der Waals surface area contributed by atoms with Crippen LogP contribution in [0.5, 0.6) is 0 Å². The van der Waals surface area contributed by atoms with Crippen LogP contribution in [0.15, 0.2) is 122 Å². The molecule has 2 aromatic carbocycles. The third-order valence-electron chi connectivity index (χ3n) is 16.1. The summed E-state index contributed by atoms with van der Waals surface area (Å²) < 4.78 is -0.120. The first-order valence-corrected chi connectivity index (χ1v) is 31.8. The van der Waals surface area contributed by atoms with Gasteiger partial charge in [0.05, 0.1) is 0 Å². The highest BCUT2D eigenvalue weighted by atomic mass is 32.1. The molecule has 422 valence electrons. The van der Waals surface area contributed by atoms with Crippen LogP contribution in [0, 0.1) is 0 Å². The highest BCUT2D eigenvalue weighted by Crippen LogP contribution is 2.37. The van der Waals surface area contributed by atoms with E-state index in [1.165, 1.54) is 224 Å². The monoisotopic (exact) mass is 1050 g/mol. The lowest BCUT2D eigenvalue weighted by molar-refractivity contribution is 0.256. The van der Waals surface area contributed by atoms with Gasteiger partial charge in [-0.05, 0) is 215 Å². The van der Waals surface area contributed by atoms with E-state index >= 15 is 0 Å². The van der Waals surface area contributed by atoms with Crippen LogP contribution in [0.1, 0.15) is 242 Å². The van der Waals surface area contributed by atoms with Gasteiger partial charge in [0, 0.05) is 38.9 Å². The fraction of sp³-hybridized carbons (Fsp3) is 0.606. The zero-order valence-corrected chi connectivity index (χ0v) is 50.9. The van der Waals surface area contributed by atoms with E-state index < -0.39 is 0 Å². The number of rotatable bonds is 34. The molecule has 4 heterocycles. The number of thiol groups is 1. The zero-order chi connectivity index (χ0) is 54.6. The molecule has 6 rings (SSSR count). The van der Waals surface area contributed by atoms with E-state index in [1.54, 1.807) is 5.56 Å². The van der Waals surface area contributed by atoms with Gasteiger partial charge in [0.2, 0.25) is 0 Å². The summed E-state index contributed by atoms with van der Waals surface area (Å²) in [6.45, 7) is 24.5. The number of nitrogens with one attached hydrogen (secondary N) is 2. The number of piperidine rings is 2. The molecule has 2 aromatic heterocycles. The van der Waals surface area contributed by atoms with Crippen LogP contribution >= 0.6 is 12.6 Å². The molecule has 2 saturated heterocycles. The molecule has 1 atom stereocenters. The highest BCUT2D eigenvalue weighted by molar-refractivity contribution is 7.82. The van der Waals surface area contributed by atoms with Crippen molar-refractivity contribution in [2.24, 2.45) is 0 Å². The average Bonchev–Trinajstić information content (AvgIpc) is 4.08. The summed E-state index contributed by atoms with van der Waals surface area (Å²) in [6, 6.07) is 13.5. The Hall–Kier alpha value is -3.77. The molecular weight excluding hydrogens is 941 g/mol. The molecule has 0 spiro atoms. The number of aromatic nitrogens is 2. The van der Waals surface area contributed by atoms with Gasteiger partial charge < -0.3 is 19.8 Å². The number of unbranched alkanes of at least 4 members (excludes halogenated alkanes) is 16. The molecule has 4 aromatic rings. The second-order valence-corrected chi connectivity index (χ2v) is 24.0. The number of H-pyrrole nitrogens is 2. The number of allylic oxidation sites excluding steroid dienone is 8. The standard InChI is InChI=1S/C35H54N2S.C34H52N2.C2H6/c1-5-6-7-12-15-23-35(3,38)24-16-13-10-8-9-11-14-18-29(2)27-31-19-17-20-33-34(31)32(28-36-33)30-21-25-37(4)26-22-30;1-4-5-6-7-8-9-10-11-12-13-14-15-16-17-18-20-29(2)27-31-21-19-22-33-34(31)32(28-35-33)30-23-25-36(3)26-24-30;1-2/h15-17,19-20,23-24,28,30,36,38H,2,5-14,18,21-22,25-27H2,1,3-4H3;8-9,11-12,19,21-22,28,30,35H,2,4-7,10,13-18,20,23-27H2,1,3H3;1-2H3/b23-15-,24-16-;9-8-,12-11-;. The number of benzene rings is 2. The van der Waals surface area contributed by atoms with Gasteiger partial charge in [-0.1, -0.05) is 189 Å². The Kier molecular flexibility index (Phi) is 33.0. The minimum atomic E-state index is -0.120. The minimum Gasteiger partial charge on any atom is -0.361 e. The number of nitrogens with zero attached hydrogens (tertiary/aromatic N) is 2. The molecule has 4 nitrogen and oxygen atoms in total. The van der Waals surface area contributed by atoms with Crippen molar-refractivity contribution in [3.8, 4) is 0 Å². The SMILES string of the molecule is C=C(CCCCCCC/C=C\C(C)(S)/C=C\CCCCC)Cc1cccc2[nH]cc(C3CCN(C)CC3)c12.C=C(CCCCCCC/C=C\C/C=C\CCCCC)Cc1cccc2[nH]cc(C3CCN(C)CC3)c12.CC. The Morgan fingerprint density at radius 3 is 1.32 bits per heavy atom. The molecule has 0 amide bonds. The van der Waals surface area contributed by atoms with Crippen molar-refractivity contribution in [3.05, 3.63) is 144 Å². The molecule has 5 heteroatoms. The van der Waals surface area contributed by atoms with E-state index in [1.807, 2.05) is 13.8 Å². The minimum absolute atomic E-state index is 0.120. The van der Waals surface area contributed by atoms with Crippen LogP contribution in [0.4, 0.5) is 0 Å². The first-order valence-electron chi connectivity index (χ1n) is 31.3. The Morgan fingerprint density at radius 2 is 0.908 bits per heavy atom. The maximum Gasteiger partial charge on any atom is 0.0460 e. The molecule has 0 saturated carbocycles. The second-order valence-electron chi connectivity index (χ2n) is 23.0. The Labute approximate surface area is 473 Å². The maximum absolute atomic E-state index is 4.80. The van der Waals surface area contributed by atoms with Gasteiger partial charge in [-0.3, -0.25) is 0 Å². The number of hydrogen-bond acceptors (Lipinski definition) is 3. The van der Waals surface area contributed by atoms with Gasteiger partial charge in [-0.25, -0.2) is 0 Å². The van der Waals surface area contributed by atoms with E-state index in [4.69, 9.17) is 12.6 Å². The van der Waals surface area contributed by atoms with Crippen molar-refractivity contribution in [2.45, 2.75) is 237 Å². The first-order chi connectivity index (χ1) is 37.1. The van der Waals surface area contributed by atoms with Crippen LogP contribution in [0.3, 0.4) is 0 Å². The van der Waals surface area contributed by atoms with E-state index in [-0.39, 0.29) is 4.75 Å². The van der Waals surface area contributed by atoms with Crippen LogP contribution in [0.25, 0.3) is 21.8 Å². The van der Waals surface area contributed by atoms with Gasteiger partial charge >= 0.3 is 0 Å². The third kappa shape index (κ3) is 24.9. The molecule has 2 aliphatic rings. The number of aromatic amines is 2. The quantitative estimate of drug-likeness (QED) is 0.0248. The molecule has 0 bridgehead atoms. The molecule has 2 N–H and O–H groups in total. The summed E-state index contributed by atoms with van der Waals surface area (Å²) in [6.07, 6.45) is 59.4. The molecule has 0 radical (unpaired) electrons. The van der Waals surface area contributed by atoms with Gasteiger partial charge in [0.1, 0.15) is 0 Å². The van der Waals surface area contributed by atoms with Gasteiger partial charge in [0.15, 0.2) is 0 Å². The summed E-state index contributed by atoms with van der Waals surface area (Å²) in [5.41, 5.74) is 11.4. The number of hydrogen-bond donors (Lipinski definition) is 3. The molecule has 0 aliphatic carbocycles. The summed E-state index contributed by atoms with van der Waals surface area (Å²) in [4.78, 5) is 12.0. The Balaban J connectivity index is 0.000000319. The number of fused-ring (bicyclic) bond motifs is 2. The summed E-state index contributed by atoms with van der Waals surface area (Å²) in [5, 5.41) is 2.95. The number of likely N-dealkylation sites (tertiary alicyclic amines) is 2. The van der Waals surface area contributed by atoms with E-state index in [0.29, 0.717) is 11.8 Å². The van der Waals surface area contributed by atoms with Crippen molar-refractivity contribution in [3.63, 3.8) is 0 Å². The van der Waals surface area contributed by atoms with Crippen molar-refractivity contribution in [1.29, 1.82) is 0 Å². The Morgan fingerprint density at radius 1 is 0.539 bits per heavy atom. The fourth-order valence-corrected chi connectivity index (χ4v) is 11.6. The third-order valence-corrected chi connectivity index (χ3v) is 16.4. The predicted molar refractivity (Wildman–Crippen MR) is 344 cm³/mol. The van der Waals surface area contributed by atoms with Gasteiger partial charge in [-0.2, -0.15) is 12.6 Å². The molecule has 2 aliphatic heterocycles. The highest BCUT2D eigenvalue weighted by Gasteiger charge is 2.24. The lowest BCUT2D eigenvalue weighted by Gasteiger charge is -2.29. The van der Waals surface area contributed by atoms with E-state index in [2.05, 4.69) is 165 Å². The summed E-state index contributed by atoms with van der Waals surface area (Å²) in [5.74, 6) is 1.36. The van der Waals surface area contributed by atoms with Crippen molar-refractivity contribution >= 4 is 34.4 Å². The maximum atomic E-state index is 4.80. The Bertz CT molecular complexity index is 2280. The fourth-order valence-electron chi connectivity index (χ4n) is 11.4. The lowest BCUT2D eigenvalue weighted by Crippen LogP contribution is -2.29.